The van der Waals surface area contributed by atoms with Crippen molar-refractivity contribution in [3.05, 3.63) is 29.8 Å². The fourth-order valence-corrected chi connectivity index (χ4v) is 3.19. The molecular weight excluding hydrogens is 278 g/mol. The highest BCUT2D eigenvalue weighted by atomic mass is 32.2. The molecule has 1 unspecified atom stereocenters. The zero-order valence-electron chi connectivity index (χ0n) is 11.6. The minimum atomic E-state index is -3.56. The Kier molecular flexibility index (Phi) is 3.80. The van der Waals surface area contributed by atoms with Gasteiger partial charge in [-0.15, -0.1) is 0 Å². The van der Waals surface area contributed by atoms with E-state index in [9.17, 15) is 13.2 Å². The summed E-state index contributed by atoms with van der Waals surface area (Å²) >= 11 is 0. The number of amides is 1. The van der Waals surface area contributed by atoms with Crippen LogP contribution in [-0.2, 0) is 14.8 Å². The number of hydrogen-bond acceptors (Lipinski definition) is 4. The number of sulfonamides is 1. The van der Waals surface area contributed by atoms with Crippen molar-refractivity contribution >= 4 is 21.8 Å². The molecule has 7 heteroatoms. The van der Waals surface area contributed by atoms with Gasteiger partial charge in [0.15, 0.2) is 0 Å². The maximum Gasteiger partial charge on any atom is 0.263 e. The first kappa shape index (κ1) is 14.5. The largest absolute Gasteiger partial charge is 0.344 e. The Bertz CT molecular complexity index is 667. The number of rotatable bonds is 3. The number of amidine groups is 1. The number of fused-ring (bicyclic) bond motifs is 1. The van der Waals surface area contributed by atoms with Gasteiger partial charge >= 0.3 is 0 Å². The maximum atomic E-state index is 12.0. The van der Waals surface area contributed by atoms with Gasteiger partial charge in [-0.2, -0.15) is 0 Å². The SMILES string of the molecule is CCN(C)C(=O)C(C)N=C1NS(=O)(=O)c2ccccc21. The predicted octanol–water partition coefficient (Wildman–Crippen LogP) is 0.592. The Hall–Kier alpha value is -1.89. The molecule has 0 aromatic heterocycles. The third-order valence-corrected chi connectivity index (χ3v) is 4.59. The predicted molar refractivity (Wildman–Crippen MR) is 76.1 cm³/mol. The van der Waals surface area contributed by atoms with Crippen LogP contribution in [0.25, 0.3) is 0 Å². The van der Waals surface area contributed by atoms with Crippen LogP contribution in [0.1, 0.15) is 19.4 Å². The topological polar surface area (TPSA) is 78.8 Å². The molecule has 1 N–H and O–H groups in total. The van der Waals surface area contributed by atoms with Crippen molar-refractivity contribution in [1.29, 1.82) is 0 Å². The van der Waals surface area contributed by atoms with E-state index in [2.05, 4.69) is 9.71 Å². The number of nitrogens with zero attached hydrogens (tertiary/aromatic N) is 2. The van der Waals surface area contributed by atoms with Crippen molar-refractivity contribution in [2.45, 2.75) is 24.8 Å². The summed E-state index contributed by atoms with van der Waals surface area (Å²) in [7, 11) is -1.87. The van der Waals surface area contributed by atoms with E-state index in [-0.39, 0.29) is 16.6 Å². The van der Waals surface area contributed by atoms with Crippen LogP contribution in [0.5, 0.6) is 0 Å². The summed E-state index contributed by atoms with van der Waals surface area (Å²) in [6, 6.07) is 5.95. The van der Waals surface area contributed by atoms with E-state index in [1.807, 2.05) is 6.92 Å². The first-order valence-electron chi connectivity index (χ1n) is 6.32. The summed E-state index contributed by atoms with van der Waals surface area (Å²) in [4.78, 5) is 17.9. The molecule has 1 amide bonds. The van der Waals surface area contributed by atoms with Crippen molar-refractivity contribution in [1.82, 2.24) is 9.62 Å². The lowest BCUT2D eigenvalue weighted by molar-refractivity contribution is -0.130. The van der Waals surface area contributed by atoms with E-state index in [0.29, 0.717) is 12.1 Å². The Morgan fingerprint density at radius 1 is 1.40 bits per heavy atom. The molecule has 1 aliphatic heterocycles. The molecule has 0 fully saturated rings. The van der Waals surface area contributed by atoms with Crippen LogP contribution >= 0.6 is 0 Å². The molecule has 0 saturated carbocycles. The molecule has 1 heterocycles. The van der Waals surface area contributed by atoms with E-state index < -0.39 is 16.1 Å². The Balaban J connectivity index is 2.36. The van der Waals surface area contributed by atoms with Crippen molar-refractivity contribution < 1.29 is 13.2 Å². The lowest BCUT2D eigenvalue weighted by Gasteiger charge is -2.17. The number of aliphatic imine (C=N–C) groups is 1. The van der Waals surface area contributed by atoms with Crippen LogP contribution in [0, 0.1) is 0 Å². The average molecular weight is 295 g/mol. The number of likely N-dealkylation sites (N-methyl/N-ethyl adjacent to an activating group) is 1. The minimum absolute atomic E-state index is 0.149. The molecule has 1 aromatic rings. The second kappa shape index (κ2) is 5.24. The fraction of sp³-hybridized carbons (Fsp3) is 0.385. The smallest absolute Gasteiger partial charge is 0.263 e. The van der Waals surface area contributed by atoms with Gasteiger partial charge in [-0.05, 0) is 26.0 Å². The van der Waals surface area contributed by atoms with Crippen LogP contribution in [0.3, 0.4) is 0 Å². The van der Waals surface area contributed by atoms with Gasteiger partial charge in [0.25, 0.3) is 10.0 Å². The molecule has 2 rings (SSSR count). The molecule has 108 valence electrons. The van der Waals surface area contributed by atoms with E-state index in [1.165, 1.54) is 6.07 Å². The summed E-state index contributed by atoms with van der Waals surface area (Å²) in [5.41, 5.74) is 0.506. The van der Waals surface area contributed by atoms with Crippen molar-refractivity contribution in [3.63, 3.8) is 0 Å². The van der Waals surface area contributed by atoms with Crippen LogP contribution in [0.4, 0.5) is 0 Å². The third-order valence-electron chi connectivity index (χ3n) is 3.19. The average Bonchev–Trinajstić information content (AvgIpc) is 2.69. The van der Waals surface area contributed by atoms with Crippen molar-refractivity contribution in [2.24, 2.45) is 4.99 Å². The van der Waals surface area contributed by atoms with Gasteiger partial charge in [0.05, 0.1) is 4.90 Å². The zero-order valence-corrected chi connectivity index (χ0v) is 12.4. The summed E-state index contributed by atoms with van der Waals surface area (Å²) < 4.78 is 26.2. The normalized spacial score (nSPS) is 19.2. The molecule has 1 aromatic carbocycles. The summed E-state index contributed by atoms with van der Waals surface area (Å²) in [5.74, 6) is 0.0783. The van der Waals surface area contributed by atoms with Crippen molar-refractivity contribution in [2.75, 3.05) is 13.6 Å². The molecule has 1 atom stereocenters. The highest BCUT2D eigenvalue weighted by Crippen LogP contribution is 2.22. The Labute approximate surface area is 118 Å². The number of carbonyl (C=O) groups excluding carboxylic acids is 1. The number of nitrogens with one attached hydrogen (secondary N) is 1. The molecule has 0 aliphatic carbocycles. The standard InChI is InChI=1S/C13H17N3O3S/c1-4-16(3)13(17)9(2)14-12-10-7-5-6-8-11(10)20(18,19)15-12/h5-9H,4H2,1-3H3,(H,14,15). The first-order valence-corrected chi connectivity index (χ1v) is 7.80. The van der Waals surface area contributed by atoms with Crippen LogP contribution in [-0.4, -0.2) is 44.7 Å². The first-order chi connectivity index (χ1) is 9.36. The third kappa shape index (κ3) is 2.53. The second-order valence-corrected chi connectivity index (χ2v) is 6.26. The van der Waals surface area contributed by atoms with Crippen LogP contribution in [0.15, 0.2) is 34.2 Å². The molecule has 20 heavy (non-hydrogen) atoms. The Morgan fingerprint density at radius 2 is 2.05 bits per heavy atom. The van der Waals surface area contributed by atoms with Crippen LogP contribution in [0.2, 0.25) is 0 Å². The molecule has 1 aliphatic rings. The second-order valence-electron chi connectivity index (χ2n) is 4.61. The summed E-state index contributed by atoms with van der Waals surface area (Å²) in [6.07, 6.45) is 0. The maximum absolute atomic E-state index is 12.0. The van der Waals surface area contributed by atoms with Crippen LogP contribution < -0.4 is 4.72 Å². The summed E-state index contributed by atoms with van der Waals surface area (Å²) in [5, 5.41) is 0. The fourth-order valence-electron chi connectivity index (χ4n) is 1.95. The monoisotopic (exact) mass is 295 g/mol. The lowest BCUT2D eigenvalue weighted by Crippen LogP contribution is -2.35. The summed E-state index contributed by atoms with van der Waals surface area (Å²) in [6.45, 7) is 4.10. The molecule has 0 spiro atoms. The van der Waals surface area contributed by atoms with Crippen molar-refractivity contribution in [3.8, 4) is 0 Å². The molecule has 6 nitrogen and oxygen atoms in total. The van der Waals surface area contributed by atoms with Gasteiger partial charge in [0, 0.05) is 19.2 Å². The lowest BCUT2D eigenvalue weighted by atomic mass is 10.2. The van der Waals surface area contributed by atoms with Gasteiger partial charge in [-0.25, -0.2) is 8.42 Å². The Morgan fingerprint density at radius 3 is 2.70 bits per heavy atom. The highest BCUT2D eigenvalue weighted by Gasteiger charge is 2.31. The number of carbonyl (C=O) groups is 1. The van der Waals surface area contributed by atoms with Gasteiger partial charge in [-0.1, -0.05) is 12.1 Å². The van der Waals surface area contributed by atoms with E-state index in [4.69, 9.17) is 0 Å². The number of benzene rings is 1. The van der Waals surface area contributed by atoms with E-state index >= 15 is 0 Å². The van der Waals surface area contributed by atoms with Gasteiger partial charge < -0.3 is 4.90 Å². The minimum Gasteiger partial charge on any atom is -0.344 e. The van der Waals surface area contributed by atoms with Gasteiger partial charge in [-0.3, -0.25) is 14.5 Å². The van der Waals surface area contributed by atoms with E-state index in [0.717, 1.165) is 0 Å². The quantitative estimate of drug-likeness (QED) is 0.886. The van der Waals surface area contributed by atoms with Gasteiger partial charge in [0.1, 0.15) is 11.9 Å². The highest BCUT2D eigenvalue weighted by molar-refractivity contribution is 7.90. The van der Waals surface area contributed by atoms with Gasteiger partial charge in [0.2, 0.25) is 5.91 Å². The molecular formula is C13H17N3O3S. The molecule has 0 bridgehead atoms. The van der Waals surface area contributed by atoms with E-state index in [1.54, 1.807) is 37.1 Å². The molecule has 0 radical (unpaired) electrons. The molecule has 0 saturated heterocycles. The number of hydrogen-bond donors (Lipinski definition) is 1. The zero-order chi connectivity index (χ0) is 14.9.